The molecule has 0 aliphatic rings. The molecular formula is C22H26N4O3S. The van der Waals surface area contributed by atoms with Gasteiger partial charge in [0, 0.05) is 29.6 Å². The van der Waals surface area contributed by atoms with E-state index >= 15 is 0 Å². The first-order valence-electron chi connectivity index (χ1n) is 9.64. The standard InChI is InChI=1S/C22H26N4O3S/c1-14(23)12-19(21(27)16-6-10-18(29-3)11-7-16)24-22-25-20(26-30-22)13-15-4-8-17(28-2)9-5-15/h4-11,14,19H,12-13,23H2,1-3H3,(H,24,25,26). The molecule has 3 aromatic rings. The number of nitrogens with one attached hydrogen (secondary N) is 1. The first-order valence-corrected chi connectivity index (χ1v) is 10.4. The predicted octanol–water partition coefficient (Wildman–Crippen LogP) is 3.55. The maximum absolute atomic E-state index is 13.0. The third-order valence-corrected chi connectivity index (χ3v) is 5.27. The van der Waals surface area contributed by atoms with Crippen molar-refractivity contribution in [2.45, 2.75) is 31.8 Å². The zero-order valence-corrected chi connectivity index (χ0v) is 18.1. The third-order valence-electron chi connectivity index (χ3n) is 4.59. The highest BCUT2D eigenvalue weighted by Crippen LogP contribution is 2.20. The topological polar surface area (TPSA) is 99.4 Å². The summed E-state index contributed by atoms with van der Waals surface area (Å²) in [5, 5.41) is 3.83. The Labute approximate surface area is 180 Å². The number of carbonyl (C=O) groups is 1. The molecule has 0 saturated heterocycles. The predicted molar refractivity (Wildman–Crippen MR) is 119 cm³/mol. The Morgan fingerprint density at radius 2 is 1.67 bits per heavy atom. The lowest BCUT2D eigenvalue weighted by molar-refractivity contribution is 0.0963. The van der Waals surface area contributed by atoms with Crippen LogP contribution in [0.2, 0.25) is 0 Å². The summed E-state index contributed by atoms with van der Waals surface area (Å²) in [4.78, 5) is 17.6. The number of nitrogens with two attached hydrogens (primary N) is 1. The SMILES string of the molecule is COc1ccc(Cc2nsc(NC(CC(C)N)C(=O)c3ccc(OC)cc3)n2)cc1. The lowest BCUT2D eigenvalue weighted by atomic mass is 9.99. The molecule has 0 saturated carbocycles. The second-order valence-corrected chi connectivity index (χ2v) is 7.80. The van der Waals surface area contributed by atoms with E-state index in [1.807, 2.05) is 31.2 Å². The normalized spacial score (nSPS) is 12.8. The second kappa shape index (κ2) is 10.2. The van der Waals surface area contributed by atoms with Crippen molar-refractivity contribution < 1.29 is 14.3 Å². The third kappa shape index (κ3) is 5.77. The number of ketones is 1. The van der Waals surface area contributed by atoms with Gasteiger partial charge in [-0.2, -0.15) is 4.37 Å². The summed E-state index contributed by atoms with van der Waals surface area (Å²) in [6, 6.07) is 14.2. The number of ether oxygens (including phenoxy) is 2. The van der Waals surface area contributed by atoms with Crippen LogP contribution in [0.5, 0.6) is 11.5 Å². The van der Waals surface area contributed by atoms with Gasteiger partial charge in [0.1, 0.15) is 17.3 Å². The first kappa shape index (κ1) is 21.7. The van der Waals surface area contributed by atoms with Gasteiger partial charge in [-0.3, -0.25) is 4.79 Å². The van der Waals surface area contributed by atoms with Gasteiger partial charge >= 0.3 is 0 Å². The minimum absolute atomic E-state index is 0.0399. The van der Waals surface area contributed by atoms with Crippen LogP contribution in [-0.2, 0) is 6.42 Å². The summed E-state index contributed by atoms with van der Waals surface area (Å²) in [6.07, 6.45) is 1.09. The lowest BCUT2D eigenvalue weighted by Gasteiger charge is -2.19. The number of rotatable bonds is 10. The maximum atomic E-state index is 13.0. The van der Waals surface area contributed by atoms with Gasteiger partial charge < -0.3 is 20.5 Å². The van der Waals surface area contributed by atoms with Crippen molar-refractivity contribution in [3.8, 4) is 11.5 Å². The Bertz CT molecular complexity index is 955. The molecule has 8 heteroatoms. The molecule has 0 aliphatic carbocycles. The molecule has 0 fully saturated rings. The van der Waals surface area contributed by atoms with E-state index in [0.717, 1.165) is 11.3 Å². The van der Waals surface area contributed by atoms with Crippen LogP contribution in [-0.4, -0.2) is 41.4 Å². The molecular weight excluding hydrogens is 400 g/mol. The van der Waals surface area contributed by atoms with Crippen LogP contribution in [0.1, 0.15) is 35.1 Å². The Balaban J connectivity index is 1.70. The van der Waals surface area contributed by atoms with Crippen LogP contribution >= 0.6 is 11.5 Å². The quantitative estimate of drug-likeness (QED) is 0.478. The number of hydrogen-bond donors (Lipinski definition) is 2. The number of aromatic nitrogens is 2. The van der Waals surface area contributed by atoms with Crippen molar-refractivity contribution in [2.24, 2.45) is 5.73 Å². The second-order valence-electron chi connectivity index (χ2n) is 7.04. The van der Waals surface area contributed by atoms with Crippen molar-refractivity contribution in [3.05, 3.63) is 65.5 Å². The van der Waals surface area contributed by atoms with Crippen molar-refractivity contribution >= 4 is 22.4 Å². The number of benzene rings is 2. The Kier molecular flexibility index (Phi) is 7.37. The number of nitrogens with zero attached hydrogens (tertiary/aromatic N) is 2. The van der Waals surface area contributed by atoms with E-state index in [4.69, 9.17) is 15.2 Å². The largest absolute Gasteiger partial charge is 0.497 e. The Morgan fingerprint density at radius 3 is 2.23 bits per heavy atom. The van der Waals surface area contributed by atoms with Gasteiger partial charge in [0.2, 0.25) is 5.13 Å². The first-order chi connectivity index (χ1) is 14.5. The van der Waals surface area contributed by atoms with E-state index in [0.29, 0.717) is 35.1 Å². The highest BCUT2D eigenvalue weighted by atomic mass is 32.1. The Hall–Kier alpha value is -2.97. The molecule has 158 valence electrons. The van der Waals surface area contributed by atoms with E-state index in [9.17, 15) is 4.79 Å². The fraction of sp³-hybridized carbons (Fsp3) is 0.318. The number of methoxy groups -OCH3 is 2. The Morgan fingerprint density at radius 1 is 1.07 bits per heavy atom. The minimum atomic E-state index is -0.486. The number of carbonyl (C=O) groups excluding carboxylic acids is 1. The monoisotopic (exact) mass is 426 g/mol. The van der Waals surface area contributed by atoms with E-state index in [1.54, 1.807) is 38.5 Å². The fourth-order valence-corrected chi connectivity index (χ4v) is 3.66. The van der Waals surface area contributed by atoms with Crippen LogP contribution in [0.4, 0.5) is 5.13 Å². The average Bonchev–Trinajstić information content (AvgIpc) is 3.20. The molecule has 1 aromatic heterocycles. The highest BCUT2D eigenvalue weighted by molar-refractivity contribution is 7.09. The average molecular weight is 427 g/mol. The van der Waals surface area contributed by atoms with Crippen molar-refractivity contribution in [1.29, 1.82) is 0 Å². The highest BCUT2D eigenvalue weighted by Gasteiger charge is 2.23. The van der Waals surface area contributed by atoms with Crippen molar-refractivity contribution in [2.75, 3.05) is 19.5 Å². The molecule has 30 heavy (non-hydrogen) atoms. The molecule has 0 aliphatic heterocycles. The van der Waals surface area contributed by atoms with Gasteiger partial charge in [-0.25, -0.2) is 4.98 Å². The molecule has 2 aromatic carbocycles. The molecule has 0 amide bonds. The minimum Gasteiger partial charge on any atom is -0.497 e. The van der Waals surface area contributed by atoms with Crippen LogP contribution in [0.25, 0.3) is 0 Å². The summed E-state index contributed by atoms with van der Waals surface area (Å²) in [5.41, 5.74) is 7.66. The maximum Gasteiger partial charge on any atom is 0.203 e. The van der Waals surface area contributed by atoms with Gasteiger partial charge in [-0.15, -0.1) is 0 Å². The van der Waals surface area contributed by atoms with Crippen LogP contribution < -0.4 is 20.5 Å². The number of anilines is 1. The van der Waals surface area contributed by atoms with Crippen LogP contribution in [0.3, 0.4) is 0 Å². The van der Waals surface area contributed by atoms with E-state index in [1.165, 1.54) is 11.5 Å². The molecule has 2 unspecified atom stereocenters. The molecule has 1 heterocycles. The number of hydrogen-bond acceptors (Lipinski definition) is 8. The molecule has 0 radical (unpaired) electrons. The van der Waals surface area contributed by atoms with Crippen molar-refractivity contribution in [1.82, 2.24) is 9.36 Å². The molecule has 2 atom stereocenters. The fourth-order valence-electron chi connectivity index (χ4n) is 3.02. The van der Waals surface area contributed by atoms with Crippen LogP contribution in [0, 0.1) is 0 Å². The van der Waals surface area contributed by atoms with E-state index in [2.05, 4.69) is 14.7 Å². The van der Waals surface area contributed by atoms with Gasteiger partial charge in [0.15, 0.2) is 5.78 Å². The number of Topliss-reactive ketones (excluding diaryl/α,β-unsaturated/α-hetero) is 1. The van der Waals surface area contributed by atoms with E-state index < -0.39 is 6.04 Å². The van der Waals surface area contributed by atoms with Gasteiger partial charge in [0.25, 0.3) is 0 Å². The van der Waals surface area contributed by atoms with Gasteiger partial charge in [-0.1, -0.05) is 12.1 Å². The van der Waals surface area contributed by atoms with E-state index in [-0.39, 0.29) is 11.8 Å². The zero-order chi connectivity index (χ0) is 21.5. The lowest BCUT2D eigenvalue weighted by Crippen LogP contribution is -2.35. The van der Waals surface area contributed by atoms with Crippen molar-refractivity contribution in [3.63, 3.8) is 0 Å². The summed E-state index contributed by atoms with van der Waals surface area (Å²) in [5.74, 6) is 2.17. The molecule has 3 N–H and O–H groups in total. The van der Waals surface area contributed by atoms with Crippen LogP contribution in [0.15, 0.2) is 48.5 Å². The smallest absolute Gasteiger partial charge is 0.203 e. The summed E-state index contributed by atoms with van der Waals surface area (Å²) in [6.45, 7) is 1.88. The molecule has 7 nitrogen and oxygen atoms in total. The summed E-state index contributed by atoms with van der Waals surface area (Å²) >= 11 is 1.24. The summed E-state index contributed by atoms with van der Waals surface area (Å²) < 4.78 is 14.8. The summed E-state index contributed by atoms with van der Waals surface area (Å²) in [7, 11) is 3.23. The zero-order valence-electron chi connectivity index (χ0n) is 17.3. The van der Waals surface area contributed by atoms with Gasteiger partial charge in [0.05, 0.1) is 20.3 Å². The molecule has 0 spiro atoms. The van der Waals surface area contributed by atoms with Gasteiger partial charge in [-0.05, 0) is 55.3 Å². The molecule has 0 bridgehead atoms. The molecule has 3 rings (SSSR count).